The standard InChI is InChI=1S/C14H24N2OS/c1-4-7-12(13-8-6-9-18-13)15-10-14(17)16-11(3)5-2/h6,8-9,11-12,15H,4-5,7,10H2,1-3H3,(H,16,17). The fraction of sp³-hybridized carbons (Fsp3) is 0.643. The molecule has 1 heterocycles. The summed E-state index contributed by atoms with van der Waals surface area (Å²) in [5.74, 6) is 0.0852. The molecule has 0 fully saturated rings. The van der Waals surface area contributed by atoms with Crippen molar-refractivity contribution in [2.45, 2.75) is 52.1 Å². The van der Waals surface area contributed by atoms with Gasteiger partial charge in [-0.25, -0.2) is 0 Å². The molecular weight excluding hydrogens is 244 g/mol. The van der Waals surface area contributed by atoms with E-state index < -0.39 is 0 Å². The number of carbonyl (C=O) groups is 1. The van der Waals surface area contributed by atoms with E-state index >= 15 is 0 Å². The van der Waals surface area contributed by atoms with E-state index in [4.69, 9.17) is 0 Å². The van der Waals surface area contributed by atoms with E-state index in [9.17, 15) is 4.79 Å². The first-order valence-electron chi connectivity index (χ1n) is 6.73. The molecule has 0 aliphatic heterocycles. The van der Waals surface area contributed by atoms with Crippen molar-refractivity contribution in [1.29, 1.82) is 0 Å². The zero-order chi connectivity index (χ0) is 13.4. The van der Waals surface area contributed by atoms with E-state index in [1.165, 1.54) is 4.88 Å². The fourth-order valence-electron chi connectivity index (χ4n) is 1.77. The Hall–Kier alpha value is -0.870. The molecule has 1 rings (SSSR count). The zero-order valence-electron chi connectivity index (χ0n) is 11.5. The second kappa shape index (κ2) is 8.27. The van der Waals surface area contributed by atoms with E-state index in [0.29, 0.717) is 12.6 Å². The number of thiophene rings is 1. The van der Waals surface area contributed by atoms with Crippen LogP contribution in [0, 0.1) is 0 Å². The monoisotopic (exact) mass is 268 g/mol. The van der Waals surface area contributed by atoms with Crippen LogP contribution >= 0.6 is 11.3 Å². The normalized spacial score (nSPS) is 14.2. The van der Waals surface area contributed by atoms with Crippen molar-refractivity contribution in [2.75, 3.05) is 6.54 Å². The highest BCUT2D eigenvalue weighted by atomic mass is 32.1. The van der Waals surface area contributed by atoms with Crippen molar-refractivity contribution in [3.05, 3.63) is 22.4 Å². The SMILES string of the molecule is CCCC(NCC(=O)NC(C)CC)c1cccs1. The van der Waals surface area contributed by atoms with Crippen LogP contribution in [0.15, 0.2) is 17.5 Å². The van der Waals surface area contributed by atoms with Crippen LogP contribution in [0.5, 0.6) is 0 Å². The van der Waals surface area contributed by atoms with Gasteiger partial charge in [0.25, 0.3) is 0 Å². The Bertz CT molecular complexity index is 338. The lowest BCUT2D eigenvalue weighted by Crippen LogP contribution is -2.39. The fourth-order valence-corrected chi connectivity index (χ4v) is 2.60. The average molecular weight is 268 g/mol. The van der Waals surface area contributed by atoms with Gasteiger partial charge in [-0.2, -0.15) is 0 Å². The maximum absolute atomic E-state index is 11.7. The molecular formula is C14H24N2OS. The Morgan fingerprint density at radius 1 is 1.44 bits per heavy atom. The predicted octanol–water partition coefficient (Wildman–Crippen LogP) is 3.09. The maximum Gasteiger partial charge on any atom is 0.234 e. The molecule has 0 aromatic carbocycles. The molecule has 4 heteroatoms. The summed E-state index contributed by atoms with van der Waals surface area (Å²) in [4.78, 5) is 13.0. The van der Waals surface area contributed by atoms with Crippen LogP contribution in [-0.2, 0) is 4.79 Å². The van der Waals surface area contributed by atoms with Gasteiger partial charge >= 0.3 is 0 Å². The van der Waals surface area contributed by atoms with Crippen LogP contribution in [0.1, 0.15) is 51.0 Å². The number of hydrogen-bond acceptors (Lipinski definition) is 3. The van der Waals surface area contributed by atoms with Gasteiger partial charge in [0.1, 0.15) is 0 Å². The lowest BCUT2D eigenvalue weighted by molar-refractivity contribution is -0.121. The smallest absolute Gasteiger partial charge is 0.234 e. The lowest BCUT2D eigenvalue weighted by atomic mass is 10.1. The average Bonchev–Trinajstić information content (AvgIpc) is 2.87. The van der Waals surface area contributed by atoms with Crippen LogP contribution in [-0.4, -0.2) is 18.5 Å². The topological polar surface area (TPSA) is 41.1 Å². The minimum atomic E-state index is 0.0852. The molecule has 0 radical (unpaired) electrons. The largest absolute Gasteiger partial charge is 0.353 e. The summed E-state index contributed by atoms with van der Waals surface area (Å²) in [5.41, 5.74) is 0. The number of carbonyl (C=O) groups excluding carboxylic acids is 1. The van der Waals surface area contributed by atoms with Gasteiger partial charge in [0.15, 0.2) is 0 Å². The van der Waals surface area contributed by atoms with Crippen LogP contribution in [0.25, 0.3) is 0 Å². The van der Waals surface area contributed by atoms with Gasteiger partial charge in [-0.3, -0.25) is 4.79 Å². The lowest BCUT2D eigenvalue weighted by Gasteiger charge is -2.17. The molecule has 0 saturated heterocycles. The molecule has 2 atom stereocenters. The van der Waals surface area contributed by atoms with Gasteiger partial charge in [0, 0.05) is 17.0 Å². The van der Waals surface area contributed by atoms with Crippen LogP contribution in [0.2, 0.25) is 0 Å². The quantitative estimate of drug-likeness (QED) is 0.760. The summed E-state index contributed by atoms with van der Waals surface area (Å²) in [6.45, 7) is 6.67. The third-order valence-electron chi connectivity index (χ3n) is 2.99. The molecule has 0 bridgehead atoms. The van der Waals surface area contributed by atoms with Crippen molar-refractivity contribution in [2.24, 2.45) is 0 Å². The van der Waals surface area contributed by atoms with Crippen molar-refractivity contribution >= 4 is 17.2 Å². The van der Waals surface area contributed by atoms with E-state index in [-0.39, 0.29) is 11.9 Å². The molecule has 0 saturated carbocycles. The highest BCUT2D eigenvalue weighted by molar-refractivity contribution is 7.10. The molecule has 2 N–H and O–H groups in total. The highest BCUT2D eigenvalue weighted by Crippen LogP contribution is 2.22. The molecule has 102 valence electrons. The summed E-state index contributed by atoms with van der Waals surface area (Å²) in [6, 6.07) is 4.75. The van der Waals surface area contributed by atoms with Gasteiger partial charge in [-0.1, -0.05) is 26.3 Å². The molecule has 0 aliphatic rings. The second-order valence-electron chi connectivity index (χ2n) is 4.61. The summed E-state index contributed by atoms with van der Waals surface area (Å²) in [7, 11) is 0. The minimum absolute atomic E-state index is 0.0852. The first-order valence-corrected chi connectivity index (χ1v) is 7.61. The highest BCUT2D eigenvalue weighted by Gasteiger charge is 2.13. The Balaban J connectivity index is 2.41. The third-order valence-corrected chi connectivity index (χ3v) is 3.98. The molecule has 2 unspecified atom stereocenters. The van der Waals surface area contributed by atoms with E-state index in [1.807, 2.05) is 6.92 Å². The molecule has 1 aromatic rings. The Morgan fingerprint density at radius 3 is 2.78 bits per heavy atom. The Kier molecular flexibility index (Phi) is 6.98. The second-order valence-corrected chi connectivity index (χ2v) is 5.59. The number of rotatable bonds is 8. The number of amides is 1. The van der Waals surface area contributed by atoms with Gasteiger partial charge in [0.05, 0.1) is 6.54 Å². The van der Waals surface area contributed by atoms with Crippen molar-refractivity contribution in [1.82, 2.24) is 10.6 Å². The summed E-state index contributed by atoms with van der Waals surface area (Å²) in [5, 5.41) is 8.41. The molecule has 18 heavy (non-hydrogen) atoms. The minimum Gasteiger partial charge on any atom is -0.353 e. The van der Waals surface area contributed by atoms with Gasteiger partial charge in [-0.15, -0.1) is 11.3 Å². The van der Waals surface area contributed by atoms with Crippen molar-refractivity contribution < 1.29 is 4.79 Å². The first kappa shape index (κ1) is 15.2. The van der Waals surface area contributed by atoms with Crippen LogP contribution in [0.4, 0.5) is 0 Å². The summed E-state index contributed by atoms with van der Waals surface area (Å²) in [6.07, 6.45) is 3.15. The number of nitrogens with one attached hydrogen (secondary N) is 2. The predicted molar refractivity (Wildman–Crippen MR) is 77.9 cm³/mol. The third kappa shape index (κ3) is 5.19. The maximum atomic E-state index is 11.7. The van der Waals surface area contributed by atoms with Gasteiger partial charge in [-0.05, 0) is 31.2 Å². The Labute approximate surface area is 114 Å². The summed E-state index contributed by atoms with van der Waals surface area (Å²) < 4.78 is 0. The van der Waals surface area contributed by atoms with Gasteiger partial charge in [0.2, 0.25) is 5.91 Å². The van der Waals surface area contributed by atoms with Gasteiger partial charge < -0.3 is 10.6 Å². The molecule has 1 amide bonds. The van der Waals surface area contributed by atoms with E-state index in [1.54, 1.807) is 11.3 Å². The van der Waals surface area contributed by atoms with Crippen LogP contribution in [0.3, 0.4) is 0 Å². The first-order chi connectivity index (χ1) is 8.67. The van der Waals surface area contributed by atoms with E-state index in [0.717, 1.165) is 19.3 Å². The van der Waals surface area contributed by atoms with Crippen molar-refractivity contribution in [3.63, 3.8) is 0 Å². The molecule has 0 spiro atoms. The van der Waals surface area contributed by atoms with E-state index in [2.05, 4.69) is 42.0 Å². The molecule has 3 nitrogen and oxygen atoms in total. The molecule has 1 aromatic heterocycles. The zero-order valence-corrected chi connectivity index (χ0v) is 12.3. The van der Waals surface area contributed by atoms with Crippen molar-refractivity contribution in [3.8, 4) is 0 Å². The molecule has 0 aliphatic carbocycles. The Morgan fingerprint density at radius 2 is 2.22 bits per heavy atom. The summed E-state index contributed by atoms with van der Waals surface area (Å²) >= 11 is 1.75. The number of hydrogen-bond donors (Lipinski definition) is 2. The van der Waals surface area contributed by atoms with Crippen LogP contribution < -0.4 is 10.6 Å².